The van der Waals surface area contributed by atoms with E-state index in [0.29, 0.717) is 11.8 Å². The molecule has 0 spiro atoms. The van der Waals surface area contributed by atoms with Crippen LogP contribution in [0.3, 0.4) is 0 Å². The van der Waals surface area contributed by atoms with E-state index in [0.717, 1.165) is 19.3 Å². The van der Waals surface area contributed by atoms with Gasteiger partial charge >= 0.3 is 5.97 Å². The summed E-state index contributed by atoms with van der Waals surface area (Å²) >= 11 is 0. The van der Waals surface area contributed by atoms with Gasteiger partial charge in [-0.25, -0.2) is 0 Å². The van der Waals surface area contributed by atoms with Crippen LogP contribution in [0.2, 0.25) is 0 Å². The molecule has 1 fully saturated rings. The predicted octanol–water partition coefficient (Wildman–Crippen LogP) is 3.56. The highest BCUT2D eigenvalue weighted by Crippen LogP contribution is 2.43. The largest absolute Gasteiger partial charge is 0.462 e. The first-order valence-electron chi connectivity index (χ1n) is 8.33. The van der Waals surface area contributed by atoms with Crippen LogP contribution < -0.4 is 0 Å². The van der Waals surface area contributed by atoms with E-state index in [1.54, 1.807) is 0 Å². The number of hydrogen-bond donors (Lipinski definition) is 1. The van der Waals surface area contributed by atoms with E-state index in [1.165, 1.54) is 0 Å². The van der Waals surface area contributed by atoms with Crippen LogP contribution in [0, 0.1) is 29.1 Å². The third kappa shape index (κ3) is 3.33. The van der Waals surface area contributed by atoms with Crippen molar-refractivity contribution < 1.29 is 14.6 Å². The van der Waals surface area contributed by atoms with Gasteiger partial charge in [0.2, 0.25) is 0 Å². The third-order valence-corrected chi connectivity index (χ3v) is 5.52. The van der Waals surface area contributed by atoms with Crippen LogP contribution in [0.4, 0.5) is 0 Å². The highest BCUT2D eigenvalue weighted by atomic mass is 16.5. The molecule has 2 unspecified atom stereocenters. The van der Waals surface area contributed by atoms with Gasteiger partial charge in [0.1, 0.15) is 6.10 Å². The summed E-state index contributed by atoms with van der Waals surface area (Å²) < 4.78 is 5.87. The first kappa shape index (κ1) is 16.5. The molecule has 0 aliphatic heterocycles. The molecule has 2 aliphatic carbocycles. The molecular weight excluding hydrogens is 264 g/mol. The van der Waals surface area contributed by atoms with Gasteiger partial charge in [-0.2, -0.15) is 0 Å². The molecule has 2 rings (SSSR count). The monoisotopic (exact) mass is 294 g/mol. The summed E-state index contributed by atoms with van der Waals surface area (Å²) in [6, 6.07) is 0. The lowest BCUT2D eigenvalue weighted by Gasteiger charge is -2.45. The van der Waals surface area contributed by atoms with Crippen molar-refractivity contribution in [2.45, 2.75) is 66.1 Å². The molecule has 3 nitrogen and oxygen atoms in total. The Hall–Kier alpha value is -0.830. The van der Waals surface area contributed by atoms with E-state index in [2.05, 4.69) is 19.1 Å². The molecule has 120 valence electrons. The Morgan fingerprint density at radius 1 is 1.29 bits per heavy atom. The second-order valence-electron chi connectivity index (χ2n) is 7.73. The van der Waals surface area contributed by atoms with Crippen molar-refractivity contribution in [2.75, 3.05) is 0 Å². The summed E-state index contributed by atoms with van der Waals surface area (Å²) in [5.74, 6) is 0.927. The zero-order valence-corrected chi connectivity index (χ0v) is 14.0. The molecule has 1 N–H and O–H groups in total. The summed E-state index contributed by atoms with van der Waals surface area (Å²) in [6.45, 7) is 10.1. The van der Waals surface area contributed by atoms with E-state index < -0.39 is 11.5 Å². The standard InChI is InChI=1S/C18H30O3/c1-6-18(4,5)17(20)21-14-10-11(2)9-13-8-7-12(3)16(19)15(13)14/h7-8,11-16,19H,6,9-10H2,1-5H3/t11-,12+,13?,14+,15-,16?/m1/s1. The number of aliphatic hydroxyl groups is 1. The van der Waals surface area contributed by atoms with Crippen molar-refractivity contribution in [3.8, 4) is 0 Å². The average molecular weight is 294 g/mol. The van der Waals surface area contributed by atoms with Crippen LogP contribution in [0.5, 0.6) is 0 Å². The van der Waals surface area contributed by atoms with Crippen molar-refractivity contribution in [3.05, 3.63) is 12.2 Å². The number of carbonyl (C=O) groups excluding carboxylic acids is 1. The first-order valence-corrected chi connectivity index (χ1v) is 8.33. The fourth-order valence-corrected chi connectivity index (χ4v) is 3.58. The maximum atomic E-state index is 12.4. The van der Waals surface area contributed by atoms with Gasteiger partial charge in [0, 0.05) is 11.8 Å². The number of ether oxygens (including phenoxy) is 1. The summed E-state index contributed by atoms with van der Waals surface area (Å²) in [7, 11) is 0. The summed E-state index contributed by atoms with van der Waals surface area (Å²) in [5, 5.41) is 10.6. The van der Waals surface area contributed by atoms with Crippen LogP contribution in [-0.4, -0.2) is 23.3 Å². The van der Waals surface area contributed by atoms with E-state index in [4.69, 9.17) is 4.74 Å². The fourth-order valence-electron chi connectivity index (χ4n) is 3.58. The number of carbonyl (C=O) groups is 1. The molecule has 0 aromatic carbocycles. The highest BCUT2D eigenvalue weighted by molar-refractivity contribution is 5.76. The third-order valence-electron chi connectivity index (χ3n) is 5.52. The fraction of sp³-hybridized carbons (Fsp3) is 0.833. The lowest BCUT2D eigenvalue weighted by atomic mass is 9.65. The van der Waals surface area contributed by atoms with E-state index in [-0.39, 0.29) is 23.9 Å². The number of rotatable bonds is 3. The van der Waals surface area contributed by atoms with Crippen LogP contribution in [-0.2, 0) is 9.53 Å². The van der Waals surface area contributed by atoms with E-state index in [9.17, 15) is 9.90 Å². The Kier molecular flexibility index (Phi) is 4.82. The van der Waals surface area contributed by atoms with Gasteiger partial charge in [0.25, 0.3) is 0 Å². The minimum atomic E-state index is -0.447. The topological polar surface area (TPSA) is 46.5 Å². The molecule has 0 aromatic heterocycles. The molecule has 0 saturated heterocycles. The smallest absolute Gasteiger partial charge is 0.311 e. The van der Waals surface area contributed by atoms with Gasteiger partial charge in [-0.15, -0.1) is 0 Å². The van der Waals surface area contributed by atoms with Crippen LogP contribution in [0.15, 0.2) is 12.2 Å². The second-order valence-corrected chi connectivity index (χ2v) is 7.73. The van der Waals surface area contributed by atoms with Crippen LogP contribution in [0.1, 0.15) is 53.9 Å². The van der Waals surface area contributed by atoms with E-state index >= 15 is 0 Å². The van der Waals surface area contributed by atoms with Gasteiger partial charge in [-0.1, -0.05) is 32.9 Å². The van der Waals surface area contributed by atoms with Crippen molar-refractivity contribution >= 4 is 5.97 Å². The van der Waals surface area contributed by atoms with Crippen molar-refractivity contribution in [1.29, 1.82) is 0 Å². The quantitative estimate of drug-likeness (QED) is 0.639. The molecule has 0 radical (unpaired) electrons. The second kappa shape index (κ2) is 6.12. The minimum absolute atomic E-state index is 0.0535. The van der Waals surface area contributed by atoms with Crippen molar-refractivity contribution in [3.63, 3.8) is 0 Å². The van der Waals surface area contributed by atoms with Crippen molar-refractivity contribution in [1.82, 2.24) is 0 Å². The number of hydrogen-bond acceptors (Lipinski definition) is 3. The Morgan fingerprint density at radius 2 is 1.95 bits per heavy atom. The molecule has 0 amide bonds. The van der Waals surface area contributed by atoms with Gasteiger partial charge in [0.15, 0.2) is 0 Å². The highest BCUT2D eigenvalue weighted by Gasteiger charge is 2.45. The minimum Gasteiger partial charge on any atom is -0.462 e. The van der Waals surface area contributed by atoms with Gasteiger partial charge in [-0.05, 0) is 44.9 Å². The number of esters is 1. The molecule has 0 bridgehead atoms. The molecule has 2 aliphatic rings. The molecule has 0 aromatic rings. The Bertz CT molecular complexity index is 413. The maximum absolute atomic E-state index is 12.4. The zero-order valence-electron chi connectivity index (χ0n) is 14.0. The number of allylic oxidation sites excluding steroid dienone is 1. The molecule has 6 atom stereocenters. The Morgan fingerprint density at radius 3 is 2.57 bits per heavy atom. The van der Waals surface area contributed by atoms with Gasteiger partial charge < -0.3 is 9.84 Å². The van der Waals surface area contributed by atoms with Gasteiger partial charge in [-0.3, -0.25) is 4.79 Å². The number of fused-ring (bicyclic) bond motifs is 1. The predicted molar refractivity (Wildman–Crippen MR) is 83.6 cm³/mol. The molecule has 3 heteroatoms. The molecule has 1 saturated carbocycles. The Balaban J connectivity index is 2.17. The maximum Gasteiger partial charge on any atom is 0.311 e. The number of aliphatic hydroxyl groups excluding tert-OH is 1. The summed E-state index contributed by atoms with van der Waals surface area (Å²) in [6.07, 6.45) is 6.48. The zero-order chi connectivity index (χ0) is 15.8. The van der Waals surface area contributed by atoms with Crippen LogP contribution in [0.25, 0.3) is 0 Å². The average Bonchev–Trinajstić information content (AvgIpc) is 2.42. The SMILES string of the molecule is CCC(C)(C)C(=O)O[C@H]1C[C@H](C)CC2C=C[C@H](C)C(O)[C@H]21. The first-order chi connectivity index (χ1) is 9.76. The molecule has 0 heterocycles. The van der Waals surface area contributed by atoms with Gasteiger partial charge in [0.05, 0.1) is 11.5 Å². The van der Waals surface area contributed by atoms with Crippen molar-refractivity contribution in [2.24, 2.45) is 29.1 Å². The summed E-state index contributed by atoms with van der Waals surface area (Å²) in [5.41, 5.74) is -0.447. The lowest BCUT2D eigenvalue weighted by molar-refractivity contribution is -0.172. The Labute approximate surface area is 128 Å². The lowest BCUT2D eigenvalue weighted by Crippen LogP contribution is -2.49. The normalized spacial score (nSPS) is 39.7. The van der Waals surface area contributed by atoms with E-state index in [1.807, 2.05) is 27.7 Å². The summed E-state index contributed by atoms with van der Waals surface area (Å²) in [4.78, 5) is 12.4. The van der Waals surface area contributed by atoms with Crippen LogP contribution >= 0.6 is 0 Å². The molecule has 21 heavy (non-hydrogen) atoms. The molecular formula is C18H30O3.